The Labute approximate surface area is 207 Å². The molecule has 0 aliphatic carbocycles. The molecule has 0 spiro atoms. The van der Waals surface area contributed by atoms with Crippen molar-refractivity contribution in [2.24, 2.45) is 0 Å². The molecule has 0 unspecified atom stereocenters. The molecule has 174 valence electrons. The molecule has 0 atom stereocenters. The van der Waals surface area contributed by atoms with Gasteiger partial charge in [0, 0.05) is 11.4 Å². The highest BCUT2D eigenvalue weighted by molar-refractivity contribution is 8.00. The number of carbonyl (C=O) groups is 1. The molecule has 4 aromatic carbocycles. The second-order valence-electron chi connectivity index (χ2n) is 7.72. The maximum absolute atomic E-state index is 13.6. The Bertz CT molecular complexity index is 1530. The quantitative estimate of drug-likeness (QED) is 0.248. The van der Waals surface area contributed by atoms with Crippen molar-refractivity contribution < 1.29 is 17.2 Å². The van der Waals surface area contributed by atoms with Crippen LogP contribution >= 0.6 is 11.8 Å². The van der Waals surface area contributed by atoms with Gasteiger partial charge in [-0.1, -0.05) is 66.7 Å². The first-order chi connectivity index (χ1) is 17.1. The van der Waals surface area contributed by atoms with Gasteiger partial charge in [-0.2, -0.15) is 8.42 Å². The smallest absolute Gasteiger partial charge is 0.280 e. The standard InChI is InChI=1S/C27H21N3O3S2/c31-26(29(21-12-4-1-5-13-21)22-14-6-2-7-15-22)20-34-27-28-24-18-10-11-19-25(24)30(27)35(32,33)23-16-8-3-9-17-23/h1-19H,20H2/p+1. The molecule has 0 saturated carbocycles. The van der Waals surface area contributed by atoms with Crippen LogP contribution in [0, 0.1) is 0 Å². The first kappa shape index (κ1) is 22.9. The molecule has 0 aliphatic heterocycles. The number of amides is 1. The van der Waals surface area contributed by atoms with Crippen molar-refractivity contribution >= 4 is 50.1 Å². The Morgan fingerprint density at radius 1 is 0.743 bits per heavy atom. The van der Waals surface area contributed by atoms with E-state index in [1.807, 2.05) is 72.8 Å². The van der Waals surface area contributed by atoms with Gasteiger partial charge in [-0.25, -0.2) is 4.98 Å². The van der Waals surface area contributed by atoms with Crippen molar-refractivity contribution in [1.82, 2.24) is 4.98 Å². The number of fused-ring (bicyclic) bond motifs is 1. The van der Waals surface area contributed by atoms with Crippen LogP contribution in [0.1, 0.15) is 0 Å². The molecular weight excluding hydrogens is 478 g/mol. The van der Waals surface area contributed by atoms with Gasteiger partial charge in [0.05, 0.1) is 5.75 Å². The number of benzene rings is 4. The molecule has 0 aliphatic rings. The first-order valence-corrected chi connectivity index (χ1v) is 13.4. The molecule has 0 radical (unpaired) electrons. The number of rotatable bonds is 7. The third-order valence-electron chi connectivity index (χ3n) is 5.44. The highest BCUT2D eigenvalue weighted by atomic mass is 32.2. The van der Waals surface area contributed by atoms with E-state index in [-0.39, 0.29) is 16.6 Å². The lowest BCUT2D eigenvalue weighted by atomic mass is 10.2. The Kier molecular flexibility index (Phi) is 6.39. The van der Waals surface area contributed by atoms with Crippen LogP contribution in [0.2, 0.25) is 0 Å². The summed E-state index contributed by atoms with van der Waals surface area (Å²) in [5, 5.41) is 0.365. The monoisotopic (exact) mass is 500 g/mol. The second-order valence-corrected chi connectivity index (χ2v) is 10.5. The first-order valence-electron chi connectivity index (χ1n) is 10.9. The third-order valence-corrected chi connectivity index (χ3v) is 8.23. The Hall–Kier alpha value is -3.88. The summed E-state index contributed by atoms with van der Waals surface area (Å²) in [6.45, 7) is 0. The largest absolute Gasteiger partial charge is 0.336 e. The molecule has 0 saturated heterocycles. The maximum Gasteiger partial charge on any atom is 0.336 e. The summed E-state index contributed by atoms with van der Waals surface area (Å²) < 4.78 is 28.5. The summed E-state index contributed by atoms with van der Waals surface area (Å²) in [6, 6.07) is 34.3. The molecule has 1 N–H and O–H groups in total. The number of H-pyrrole nitrogens is 1. The molecule has 8 heteroatoms. The molecule has 1 heterocycles. The summed E-state index contributed by atoms with van der Waals surface area (Å²) in [7, 11) is -3.89. The van der Waals surface area contributed by atoms with Crippen LogP contribution in [-0.2, 0) is 14.8 Å². The minimum atomic E-state index is -3.89. The molecule has 35 heavy (non-hydrogen) atoms. The zero-order chi connectivity index (χ0) is 24.3. The topological polar surface area (TPSA) is 74.1 Å². The van der Waals surface area contributed by atoms with Crippen LogP contribution in [0.4, 0.5) is 11.4 Å². The predicted molar refractivity (Wildman–Crippen MR) is 138 cm³/mol. The maximum atomic E-state index is 13.6. The van der Waals surface area contributed by atoms with E-state index in [0.29, 0.717) is 16.2 Å². The number of para-hydroxylation sites is 4. The van der Waals surface area contributed by atoms with E-state index in [1.165, 1.54) is 3.97 Å². The number of hydrogen-bond donors (Lipinski definition) is 1. The zero-order valence-corrected chi connectivity index (χ0v) is 20.2. The Morgan fingerprint density at radius 2 is 1.26 bits per heavy atom. The van der Waals surface area contributed by atoms with Gasteiger partial charge in [-0.15, -0.1) is 3.97 Å². The van der Waals surface area contributed by atoms with Gasteiger partial charge >= 0.3 is 15.2 Å². The van der Waals surface area contributed by atoms with Crippen molar-refractivity contribution in [3.05, 3.63) is 115 Å². The molecule has 0 bridgehead atoms. The molecule has 5 rings (SSSR count). The number of aromatic nitrogens is 2. The summed E-state index contributed by atoms with van der Waals surface area (Å²) in [6.07, 6.45) is 0. The number of nitrogens with zero attached hydrogens (tertiary/aromatic N) is 2. The fourth-order valence-corrected chi connectivity index (χ4v) is 6.48. The SMILES string of the molecule is O=C(CSc1[nH]c2ccccc2[n+]1S(=O)(=O)c1ccccc1)N(c1ccccc1)c1ccccc1. The number of anilines is 2. The van der Waals surface area contributed by atoms with E-state index in [2.05, 4.69) is 4.98 Å². The average Bonchev–Trinajstić information content (AvgIpc) is 3.29. The van der Waals surface area contributed by atoms with E-state index < -0.39 is 10.0 Å². The molecule has 6 nitrogen and oxygen atoms in total. The van der Waals surface area contributed by atoms with Crippen molar-refractivity contribution in [2.75, 3.05) is 10.7 Å². The average molecular weight is 501 g/mol. The van der Waals surface area contributed by atoms with Gasteiger partial charge in [0.1, 0.15) is 4.90 Å². The lowest BCUT2D eigenvalue weighted by Crippen LogP contribution is -2.44. The van der Waals surface area contributed by atoms with E-state index >= 15 is 0 Å². The number of thioether (sulfide) groups is 1. The molecule has 5 aromatic rings. The second kappa shape index (κ2) is 9.77. The van der Waals surface area contributed by atoms with Gasteiger partial charge in [0.25, 0.3) is 0 Å². The van der Waals surface area contributed by atoms with Crippen LogP contribution in [0.5, 0.6) is 0 Å². The van der Waals surface area contributed by atoms with Crippen molar-refractivity contribution in [3.8, 4) is 0 Å². The highest BCUT2D eigenvalue weighted by Gasteiger charge is 2.32. The van der Waals surface area contributed by atoms with Gasteiger partial charge < -0.3 is 0 Å². The molecule has 1 aromatic heterocycles. The fraction of sp³-hybridized carbons (Fsp3) is 0.0370. The number of carbonyl (C=O) groups excluding carboxylic acids is 1. The predicted octanol–water partition coefficient (Wildman–Crippen LogP) is 5.15. The number of hydrogen-bond acceptors (Lipinski definition) is 4. The molecular formula is C27H22N3O3S2+. The van der Waals surface area contributed by atoms with E-state index in [4.69, 9.17) is 0 Å². The number of imidazole rings is 1. The lowest BCUT2D eigenvalue weighted by Gasteiger charge is -2.22. The van der Waals surface area contributed by atoms with E-state index in [1.54, 1.807) is 47.4 Å². The van der Waals surface area contributed by atoms with Gasteiger partial charge in [0.15, 0.2) is 11.0 Å². The molecule has 1 amide bonds. The molecule has 0 fully saturated rings. The summed E-state index contributed by atoms with van der Waals surface area (Å²) in [4.78, 5) is 18.5. The van der Waals surface area contributed by atoms with Crippen molar-refractivity contribution in [2.45, 2.75) is 10.1 Å². The minimum Gasteiger partial charge on any atom is -0.280 e. The van der Waals surface area contributed by atoms with Crippen LogP contribution in [0.3, 0.4) is 0 Å². The van der Waals surface area contributed by atoms with E-state index in [0.717, 1.165) is 23.1 Å². The Balaban J connectivity index is 1.52. The summed E-state index contributed by atoms with van der Waals surface area (Å²) in [5.41, 5.74) is 2.68. The highest BCUT2D eigenvalue weighted by Crippen LogP contribution is 2.28. The minimum absolute atomic E-state index is 0.0287. The van der Waals surface area contributed by atoms with Crippen LogP contribution in [0.25, 0.3) is 11.0 Å². The summed E-state index contributed by atoms with van der Waals surface area (Å²) >= 11 is 1.16. The van der Waals surface area contributed by atoms with Crippen LogP contribution in [0.15, 0.2) is 125 Å². The number of nitrogens with one attached hydrogen (secondary N) is 1. The fourth-order valence-electron chi connectivity index (χ4n) is 3.85. The van der Waals surface area contributed by atoms with Crippen molar-refractivity contribution in [3.63, 3.8) is 0 Å². The Morgan fingerprint density at radius 3 is 1.86 bits per heavy atom. The van der Waals surface area contributed by atoms with E-state index in [9.17, 15) is 13.2 Å². The van der Waals surface area contributed by atoms with Gasteiger partial charge in [-0.05, 0) is 60.3 Å². The van der Waals surface area contributed by atoms with Gasteiger partial charge in [0.2, 0.25) is 5.91 Å². The van der Waals surface area contributed by atoms with Crippen LogP contribution < -0.4 is 8.87 Å². The summed E-state index contributed by atoms with van der Waals surface area (Å²) in [5.74, 6) is -0.143. The zero-order valence-electron chi connectivity index (χ0n) is 18.6. The lowest BCUT2D eigenvalue weighted by molar-refractivity contribution is -0.526. The van der Waals surface area contributed by atoms with Gasteiger partial charge in [-0.3, -0.25) is 9.69 Å². The normalized spacial score (nSPS) is 11.4. The third kappa shape index (κ3) is 4.58. The number of aromatic amines is 1. The van der Waals surface area contributed by atoms with Crippen LogP contribution in [-0.4, -0.2) is 25.1 Å². The van der Waals surface area contributed by atoms with Crippen molar-refractivity contribution in [1.29, 1.82) is 0 Å².